The second-order valence-corrected chi connectivity index (χ2v) is 7.52. The molecule has 1 aliphatic heterocycles. The molecule has 2 heterocycles. The van der Waals surface area contributed by atoms with Gasteiger partial charge in [0.2, 0.25) is 10.0 Å². The standard InChI is InChI=1S/C13H22N4O3S/c1-21(19,20)17-5-2-3-11(8-17)7-13(18)12-9-16(6-4-14)10-15-12/h9-11H,2-8,14H2,1H3. The van der Waals surface area contributed by atoms with Crippen LogP contribution in [0, 0.1) is 5.92 Å². The Bertz CT molecular complexity index is 596. The molecule has 2 rings (SSSR count). The van der Waals surface area contributed by atoms with Crippen LogP contribution in [-0.2, 0) is 16.6 Å². The Kier molecular flexibility index (Phi) is 5.13. The highest BCUT2D eigenvalue weighted by Gasteiger charge is 2.27. The van der Waals surface area contributed by atoms with Crippen LogP contribution in [0.5, 0.6) is 0 Å². The first-order chi connectivity index (χ1) is 9.90. The number of nitrogens with zero attached hydrogens (tertiary/aromatic N) is 3. The summed E-state index contributed by atoms with van der Waals surface area (Å²) in [5, 5.41) is 0. The van der Waals surface area contributed by atoms with Gasteiger partial charge in [-0.25, -0.2) is 17.7 Å². The molecule has 0 aromatic carbocycles. The lowest BCUT2D eigenvalue weighted by atomic mass is 9.93. The van der Waals surface area contributed by atoms with Crippen LogP contribution >= 0.6 is 0 Å². The predicted octanol–water partition coefficient (Wildman–Crippen LogP) is 0.0862. The van der Waals surface area contributed by atoms with Gasteiger partial charge in [-0.3, -0.25) is 4.79 Å². The Hall–Kier alpha value is -1.25. The van der Waals surface area contributed by atoms with Crippen LogP contribution in [-0.4, -0.2) is 53.9 Å². The molecule has 21 heavy (non-hydrogen) atoms. The van der Waals surface area contributed by atoms with Crippen molar-refractivity contribution in [2.45, 2.75) is 25.8 Å². The number of aromatic nitrogens is 2. The SMILES string of the molecule is CS(=O)(=O)N1CCCC(CC(=O)c2cn(CCN)cn2)C1. The summed E-state index contributed by atoms with van der Waals surface area (Å²) in [5.74, 6) is 0.0340. The van der Waals surface area contributed by atoms with Crippen molar-refractivity contribution in [1.29, 1.82) is 0 Å². The highest BCUT2D eigenvalue weighted by Crippen LogP contribution is 2.22. The van der Waals surface area contributed by atoms with E-state index in [9.17, 15) is 13.2 Å². The first-order valence-electron chi connectivity index (χ1n) is 7.10. The number of nitrogens with two attached hydrogens (primary N) is 1. The van der Waals surface area contributed by atoms with Crippen molar-refractivity contribution >= 4 is 15.8 Å². The molecule has 8 heteroatoms. The number of hydrogen-bond donors (Lipinski definition) is 1. The first-order valence-corrected chi connectivity index (χ1v) is 8.95. The number of ketones is 1. The van der Waals surface area contributed by atoms with Gasteiger partial charge in [0.25, 0.3) is 0 Å². The van der Waals surface area contributed by atoms with Crippen LogP contribution in [0.15, 0.2) is 12.5 Å². The minimum atomic E-state index is -3.17. The fourth-order valence-electron chi connectivity index (χ4n) is 2.64. The van der Waals surface area contributed by atoms with Crippen molar-refractivity contribution in [2.75, 3.05) is 25.9 Å². The zero-order chi connectivity index (χ0) is 15.5. The van der Waals surface area contributed by atoms with E-state index in [1.54, 1.807) is 17.1 Å². The molecule has 1 unspecified atom stereocenters. The number of carbonyl (C=O) groups is 1. The molecule has 0 radical (unpaired) electrons. The van der Waals surface area contributed by atoms with E-state index in [4.69, 9.17) is 5.73 Å². The molecule has 1 aliphatic rings. The third-order valence-corrected chi connectivity index (χ3v) is 5.00. The molecule has 0 bridgehead atoms. The number of Topliss-reactive ketones (excluding diaryl/α,β-unsaturated/α-hetero) is 1. The zero-order valence-electron chi connectivity index (χ0n) is 12.2. The van der Waals surface area contributed by atoms with Crippen LogP contribution < -0.4 is 5.73 Å². The molecule has 1 saturated heterocycles. The molecule has 0 saturated carbocycles. The molecule has 7 nitrogen and oxygen atoms in total. The van der Waals surface area contributed by atoms with Crippen molar-refractivity contribution in [2.24, 2.45) is 11.7 Å². The van der Waals surface area contributed by atoms with Crippen molar-refractivity contribution in [3.8, 4) is 0 Å². The Morgan fingerprint density at radius 2 is 2.29 bits per heavy atom. The molecule has 118 valence electrons. The van der Waals surface area contributed by atoms with E-state index in [0.717, 1.165) is 12.8 Å². The van der Waals surface area contributed by atoms with E-state index >= 15 is 0 Å². The van der Waals surface area contributed by atoms with Crippen LogP contribution in [0.2, 0.25) is 0 Å². The van der Waals surface area contributed by atoms with Crippen LogP contribution in [0.4, 0.5) is 0 Å². The molecule has 2 N–H and O–H groups in total. The average molecular weight is 314 g/mol. The summed E-state index contributed by atoms with van der Waals surface area (Å²) in [6, 6.07) is 0. The van der Waals surface area contributed by atoms with Gasteiger partial charge in [0.05, 0.1) is 12.6 Å². The van der Waals surface area contributed by atoms with Crippen molar-refractivity contribution < 1.29 is 13.2 Å². The number of carbonyl (C=O) groups excluding carboxylic acids is 1. The lowest BCUT2D eigenvalue weighted by Crippen LogP contribution is -2.39. The number of rotatable bonds is 6. The Balaban J connectivity index is 1.95. The summed E-state index contributed by atoms with van der Waals surface area (Å²) in [7, 11) is -3.17. The summed E-state index contributed by atoms with van der Waals surface area (Å²) in [4.78, 5) is 16.3. The third kappa shape index (κ3) is 4.36. The van der Waals surface area contributed by atoms with E-state index in [1.165, 1.54) is 10.6 Å². The molecule has 0 aliphatic carbocycles. The Labute approximate surface area is 125 Å². The van der Waals surface area contributed by atoms with Crippen molar-refractivity contribution in [1.82, 2.24) is 13.9 Å². The fourth-order valence-corrected chi connectivity index (χ4v) is 3.58. The molecular weight excluding hydrogens is 292 g/mol. The quantitative estimate of drug-likeness (QED) is 0.750. The first kappa shape index (κ1) is 16.1. The van der Waals surface area contributed by atoms with Gasteiger partial charge >= 0.3 is 0 Å². The maximum absolute atomic E-state index is 12.2. The van der Waals surface area contributed by atoms with E-state index in [0.29, 0.717) is 38.3 Å². The van der Waals surface area contributed by atoms with Gasteiger partial charge in [0, 0.05) is 38.8 Å². The maximum Gasteiger partial charge on any atom is 0.211 e. The molecule has 0 spiro atoms. The molecular formula is C13H22N4O3S. The van der Waals surface area contributed by atoms with Gasteiger partial charge in [-0.2, -0.15) is 0 Å². The molecule has 1 fully saturated rings. The molecule has 1 aromatic rings. The minimum absolute atomic E-state index is 0.0360. The average Bonchev–Trinajstić information content (AvgIpc) is 2.87. The second kappa shape index (κ2) is 6.67. The Morgan fingerprint density at radius 3 is 2.95 bits per heavy atom. The number of sulfonamides is 1. The summed E-state index contributed by atoms with van der Waals surface area (Å²) < 4.78 is 26.4. The van der Waals surface area contributed by atoms with Gasteiger partial charge in [0.1, 0.15) is 5.69 Å². The summed E-state index contributed by atoms with van der Waals surface area (Å²) in [6.07, 6.45) is 6.53. The van der Waals surface area contributed by atoms with Crippen LogP contribution in [0.25, 0.3) is 0 Å². The minimum Gasteiger partial charge on any atom is -0.335 e. The van der Waals surface area contributed by atoms with Gasteiger partial charge in [0.15, 0.2) is 5.78 Å². The molecule has 1 atom stereocenters. The fraction of sp³-hybridized carbons (Fsp3) is 0.692. The van der Waals surface area contributed by atoms with E-state index < -0.39 is 10.0 Å². The lowest BCUT2D eigenvalue weighted by Gasteiger charge is -2.30. The summed E-state index contributed by atoms with van der Waals surface area (Å²) in [5.41, 5.74) is 5.89. The number of hydrogen-bond acceptors (Lipinski definition) is 5. The largest absolute Gasteiger partial charge is 0.335 e. The van der Waals surface area contributed by atoms with Gasteiger partial charge in [-0.05, 0) is 18.8 Å². The zero-order valence-corrected chi connectivity index (χ0v) is 13.1. The van der Waals surface area contributed by atoms with Crippen molar-refractivity contribution in [3.05, 3.63) is 18.2 Å². The highest BCUT2D eigenvalue weighted by molar-refractivity contribution is 7.88. The van der Waals surface area contributed by atoms with Crippen LogP contribution in [0.3, 0.4) is 0 Å². The summed E-state index contributed by atoms with van der Waals surface area (Å²) in [6.45, 7) is 2.10. The van der Waals surface area contributed by atoms with E-state index in [2.05, 4.69) is 4.98 Å². The monoisotopic (exact) mass is 314 g/mol. The maximum atomic E-state index is 12.2. The number of imidazole rings is 1. The Morgan fingerprint density at radius 1 is 1.52 bits per heavy atom. The van der Waals surface area contributed by atoms with E-state index in [-0.39, 0.29) is 11.7 Å². The van der Waals surface area contributed by atoms with E-state index in [1.807, 2.05) is 0 Å². The predicted molar refractivity (Wildman–Crippen MR) is 79.4 cm³/mol. The third-order valence-electron chi connectivity index (χ3n) is 3.73. The number of piperidine rings is 1. The van der Waals surface area contributed by atoms with Gasteiger partial charge in [-0.15, -0.1) is 0 Å². The summed E-state index contributed by atoms with van der Waals surface area (Å²) >= 11 is 0. The normalized spacial score (nSPS) is 20.6. The topological polar surface area (TPSA) is 98.3 Å². The second-order valence-electron chi connectivity index (χ2n) is 5.54. The molecule has 1 aromatic heterocycles. The molecule has 0 amide bonds. The smallest absolute Gasteiger partial charge is 0.211 e. The highest BCUT2D eigenvalue weighted by atomic mass is 32.2. The lowest BCUT2D eigenvalue weighted by molar-refractivity contribution is 0.0938. The van der Waals surface area contributed by atoms with Crippen molar-refractivity contribution in [3.63, 3.8) is 0 Å². The van der Waals surface area contributed by atoms with Gasteiger partial charge < -0.3 is 10.3 Å². The van der Waals surface area contributed by atoms with Gasteiger partial charge in [-0.1, -0.05) is 0 Å². The van der Waals surface area contributed by atoms with Crippen LogP contribution in [0.1, 0.15) is 29.8 Å².